The molecule has 0 bridgehead atoms. The zero-order valence-electron chi connectivity index (χ0n) is 10.8. The van der Waals surface area contributed by atoms with Crippen LogP contribution in [0.3, 0.4) is 0 Å². The summed E-state index contributed by atoms with van der Waals surface area (Å²) in [7, 11) is -3.88. The zero-order chi connectivity index (χ0) is 12.1. The van der Waals surface area contributed by atoms with E-state index in [1.807, 2.05) is 0 Å². The van der Waals surface area contributed by atoms with Gasteiger partial charge in [0.1, 0.15) is 0 Å². The van der Waals surface area contributed by atoms with Crippen LogP contribution in [-0.2, 0) is 14.5 Å². The topological polar surface area (TPSA) is 52.6 Å². The molecule has 0 heterocycles. The van der Waals surface area contributed by atoms with Crippen LogP contribution in [0.5, 0.6) is 5.75 Å². The van der Waals surface area contributed by atoms with Gasteiger partial charge in [0.2, 0.25) is 0 Å². The first-order valence-electron chi connectivity index (χ1n) is 4.90. The molecule has 0 amide bonds. The van der Waals surface area contributed by atoms with Crippen molar-refractivity contribution in [2.75, 3.05) is 0 Å². The Hall–Kier alpha value is 0.150. The largest absolute Gasteiger partial charge is 0.332 e. The fraction of sp³-hybridized carbons (Fsp3) is 0. The van der Waals surface area contributed by atoms with Gasteiger partial charge in [0.25, 0.3) is 0 Å². The summed E-state index contributed by atoms with van der Waals surface area (Å²) in [6.45, 7) is 0. The predicted octanol–water partition coefficient (Wildman–Crippen LogP) is 1.62. The average molecular weight is 296 g/mol. The fourth-order valence-corrected chi connectivity index (χ4v) is 1.92. The molecule has 0 saturated carbocycles. The third-order valence-electron chi connectivity index (χ3n) is 1.99. The average Bonchev–Trinajstić information content (AvgIpc) is 2.39. The van der Waals surface area contributed by atoms with Gasteiger partial charge >= 0.3 is 10.1 Å². The number of para-hydroxylation sites is 1. The van der Waals surface area contributed by atoms with Gasteiger partial charge < -0.3 is 4.89 Å². The van der Waals surface area contributed by atoms with Gasteiger partial charge in [-0.1, -0.05) is 40.7 Å². The van der Waals surface area contributed by atoms with Crippen LogP contribution in [0.4, 0.5) is 0 Å². The van der Waals surface area contributed by atoms with Crippen molar-refractivity contribution in [3.05, 3.63) is 60.7 Å². The van der Waals surface area contributed by atoms with E-state index < -0.39 is 10.1 Å². The maximum absolute atomic E-state index is 11.7. The summed E-state index contributed by atoms with van der Waals surface area (Å²) in [5.74, 6) is 0.326. The third-order valence-corrected chi connectivity index (χ3v) is 3.09. The smallest absolute Gasteiger partial charge is 0.321 e. The van der Waals surface area contributed by atoms with Crippen LogP contribution >= 0.6 is 0 Å². The minimum atomic E-state index is -3.88. The van der Waals surface area contributed by atoms with E-state index in [1.54, 1.807) is 48.5 Å². The Labute approximate surface area is 156 Å². The summed E-state index contributed by atoms with van der Waals surface area (Å²) in [5.41, 5.74) is 0. The third kappa shape index (κ3) is 5.97. The van der Waals surface area contributed by atoms with Crippen molar-refractivity contribution < 1.29 is 17.6 Å². The monoisotopic (exact) mass is 296 g/mol. The number of benzene rings is 2. The van der Waals surface area contributed by atoms with Gasteiger partial charge in [-0.05, 0) is 24.3 Å². The summed E-state index contributed by atoms with van der Waals surface area (Å²) in [6, 6.07) is 16.2. The Kier molecular flexibility index (Phi) is 9.23. The van der Waals surface area contributed by atoms with Crippen LogP contribution < -0.4 is 4.89 Å². The van der Waals surface area contributed by atoms with E-state index in [1.165, 1.54) is 12.1 Å². The molecule has 0 fully saturated rings. The van der Waals surface area contributed by atoms with Crippen molar-refractivity contribution in [1.29, 1.82) is 0 Å². The molecular weight excluding hydrogens is 286 g/mol. The molecule has 0 spiro atoms. The molecule has 2 aromatic carbocycles. The molecule has 0 N–H and O–H groups in total. The Morgan fingerprint density at radius 2 is 1.21 bits per heavy atom. The van der Waals surface area contributed by atoms with Crippen molar-refractivity contribution >= 4 is 69.2 Å². The standard InChI is InChI=1S/C12H10O4S.2Na/c13-17(14,12-9-5-2-6-10-12)16-15-11-7-3-1-4-8-11;;/h1-10H;;. The van der Waals surface area contributed by atoms with Crippen LogP contribution in [0.1, 0.15) is 0 Å². The van der Waals surface area contributed by atoms with Gasteiger partial charge in [-0.3, -0.25) is 0 Å². The number of hydrogen-bond donors (Lipinski definition) is 0. The zero-order valence-corrected chi connectivity index (χ0v) is 15.6. The van der Waals surface area contributed by atoms with E-state index in [0.717, 1.165) is 0 Å². The molecule has 0 aliphatic carbocycles. The molecule has 0 atom stereocenters. The number of hydrogen-bond acceptors (Lipinski definition) is 4. The normalized spacial score (nSPS) is 9.89. The van der Waals surface area contributed by atoms with Crippen LogP contribution in [0, 0.1) is 0 Å². The Balaban J connectivity index is 0.00000162. The van der Waals surface area contributed by atoms with E-state index in [-0.39, 0.29) is 64.0 Å². The summed E-state index contributed by atoms with van der Waals surface area (Å²) >= 11 is 0. The molecule has 2 aromatic rings. The van der Waals surface area contributed by atoms with Crippen molar-refractivity contribution in [2.45, 2.75) is 4.90 Å². The first-order valence-corrected chi connectivity index (χ1v) is 6.30. The first-order chi connectivity index (χ1) is 8.18. The van der Waals surface area contributed by atoms with Crippen LogP contribution in [0.25, 0.3) is 0 Å². The first kappa shape index (κ1) is 19.1. The van der Waals surface area contributed by atoms with Gasteiger partial charge in [-0.2, -0.15) is 8.42 Å². The summed E-state index contributed by atoms with van der Waals surface area (Å²) in [6.07, 6.45) is 0. The van der Waals surface area contributed by atoms with Crippen molar-refractivity contribution in [3.63, 3.8) is 0 Å². The Bertz CT molecular complexity index is 573. The Morgan fingerprint density at radius 1 is 0.737 bits per heavy atom. The molecule has 7 heteroatoms. The van der Waals surface area contributed by atoms with E-state index >= 15 is 0 Å². The molecule has 0 aliphatic rings. The second kappa shape index (κ2) is 9.15. The van der Waals surface area contributed by atoms with Crippen LogP contribution in [-0.4, -0.2) is 67.5 Å². The van der Waals surface area contributed by atoms with E-state index in [4.69, 9.17) is 4.89 Å². The van der Waals surface area contributed by atoms with Crippen molar-refractivity contribution in [3.8, 4) is 5.75 Å². The molecule has 4 nitrogen and oxygen atoms in total. The summed E-state index contributed by atoms with van der Waals surface area (Å²) in [4.78, 5) is 4.79. The van der Waals surface area contributed by atoms with Gasteiger partial charge in [-0.15, -0.1) is 0 Å². The molecule has 90 valence electrons. The van der Waals surface area contributed by atoms with Crippen LogP contribution in [0.15, 0.2) is 65.6 Å². The van der Waals surface area contributed by atoms with Crippen LogP contribution in [0.2, 0.25) is 0 Å². The Morgan fingerprint density at radius 3 is 1.74 bits per heavy atom. The maximum Gasteiger partial charge on any atom is 0.332 e. The molecule has 19 heavy (non-hydrogen) atoms. The molecule has 0 unspecified atom stereocenters. The van der Waals surface area contributed by atoms with E-state index in [9.17, 15) is 8.42 Å². The van der Waals surface area contributed by atoms with E-state index in [2.05, 4.69) is 4.33 Å². The fourth-order valence-electron chi connectivity index (χ4n) is 1.19. The quantitative estimate of drug-likeness (QED) is 0.489. The van der Waals surface area contributed by atoms with Gasteiger partial charge in [-0.25, -0.2) is 0 Å². The molecule has 2 rings (SSSR count). The SMILES string of the molecule is O=S(=O)(OOc1ccccc1)c1ccccc1.[Na].[Na]. The number of rotatable bonds is 4. The minimum Gasteiger partial charge on any atom is -0.321 e. The predicted molar refractivity (Wildman–Crippen MR) is 73.3 cm³/mol. The molecule has 0 aromatic heterocycles. The molecule has 2 radical (unpaired) electrons. The minimum absolute atomic E-state index is 0. The second-order valence-corrected chi connectivity index (χ2v) is 4.75. The van der Waals surface area contributed by atoms with Crippen molar-refractivity contribution in [2.24, 2.45) is 0 Å². The second-order valence-electron chi connectivity index (χ2n) is 3.23. The summed E-state index contributed by atoms with van der Waals surface area (Å²) < 4.78 is 27.8. The molecular formula is C12H10Na2O4S. The molecule has 0 aliphatic heterocycles. The maximum atomic E-state index is 11.7. The van der Waals surface area contributed by atoms with Gasteiger partial charge in [0, 0.05) is 59.1 Å². The van der Waals surface area contributed by atoms with Crippen molar-refractivity contribution in [1.82, 2.24) is 0 Å². The molecule has 0 saturated heterocycles. The summed E-state index contributed by atoms with van der Waals surface area (Å²) in [5, 5.41) is 0. The van der Waals surface area contributed by atoms with Gasteiger partial charge in [0.15, 0.2) is 5.75 Å². The van der Waals surface area contributed by atoms with E-state index in [0.29, 0.717) is 5.75 Å². The van der Waals surface area contributed by atoms with Gasteiger partial charge in [0.05, 0.1) is 4.90 Å².